The largest absolute Gasteiger partial charge is 0.309 e. The summed E-state index contributed by atoms with van der Waals surface area (Å²) in [6.07, 6.45) is 5.80. The van der Waals surface area contributed by atoms with Crippen LogP contribution in [-0.2, 0) is 0 Å². The van der Waals surface area contributed by atoms with Gasteiger partial charge in [0.15, 0.2) is 0 Å². The van der Waals surface area contributed by atoms with Gasteiger partial charge in [-0.3, -0.25) is 4.98 Å². The van der Waals surface area contributed by atoms with Gasteiger partial charge in [0.25, 0.3) is 0 Å². The minimum atomic E-state index is 0.312. The normalized spacial score (nSPS) is 12.6. The first-order valence-electron chi connectivity index (χ1n) is 7.07. The number of hydrogen-bond acceptors (Lipinski definition) is 3. The molecule has 1 N–H and O–H groups in total. The van der Waals surface area contributed by atoms with E-state index in [9.17, 15) is 0 Å². The summed E-state index contributed by atoms with van der Waals surface area (Å²) in [5.74, 6) is 0. The molecule has 1 atom stereocenters. The molecule has 0 saturated carbocycles. The van der Waals surface area contributed by atoms with Crippen molar-refractivity contribution in [3.63, 3.8) is 0 Å². The van der Waals surface area contributed by atoms with E-state index >= 15 is 0 Å². The van der Waals surface area contributed by atoms with Gasteiger partial charge in [0.2, 0.25) is 0 Å². The Bertz CT molecular complexity index is 528. The van der Waals surface area contributed by atoms with Gasteiger partial charge >= 0.3 is 0 Å². The first-order chi connectivity index (χ1) is 9.65. The number of hydrogen-bond donors (Lipinski definition) is 1. The molecule has 0 fully saturated rings. The van der Waals surface area contributed by atoms with Gasteiger partial charge in [-0.2, -0.15) is 5.10 Å². The lowest BCUT2D eigenvalue weighted by Crippen LogP contribution is -2.22. The molecule has 5 heteroatoms. The Hall–Kier alpha value is -1.39. The molecule has 0 radical (unpaired) electrons. The van der Waals surface area contributed by atoms with Crippen LogP contribution < -0.4 is 5.32 Å². The molecular formula is C15H21ClN4. The van der Waals surface area contributed by atoms with Crippen molar-refractivity contribution >= 4 is 11.6 Å². The van der Waals surface area contributed by atoms with Crippen molar-refractivity contribution in [1.82, 2.24) is 20.1 Å². The first-order valence-corrected chi connectivity index (χ1v) is 7.45. The van der Waals surface area contributed by atoms with E-state index in [0.717, 1.165) is 36.5 Å². The monoisotopic (exact) mass is 292 g/mol. The van der Waals surface area contributed by atoms with Crippen molar-refractivity contribution in [3.05, 3.63) is 40.9 Å². The fourth-order valence-corrected chi connectivity index (χ4v) is 2.22. The number of aromatic nitrogens is 3. The summed E-state index contributed by atoms with van der Waals surface area (Å²) in [5.41, 5.74) is 2.82. The van der Waals surface area contributed by atoms with Crippen molar-refractivity contribution in [2.24, 2.45) is 0 Å². The van der Waals surface area contributed by atoms with E-state index in [-0.39, 0.29) is 0 Å². The predicted octanol–water partition coefficient (Wildman–Crippen LogP) is 3.68. The number of nitrogens with one attached hydrogen (secondary N) is 1. The molecule has 1 unspecified atom stereocenters. The van der Waals surface area contributed by atoms with Crippen molar-refractivity contribution < 1.29 is 0 Å². The maximum atomic E-state index is 6.03. The minimum absolute atomic E-state index is 0.312. The molecule has 0 amide bonds. The van der Waals surface area contributed by atoms with E-state index < -0.39 is 0 Å². The molecule has 0 aromatic carbocycles. The summed E-state index contributed by atoms with van der Waals surface area (Å²) >= 11 is 6.03. The third kappa shape index (κ3) is 3.38. The van der Waals surface area contributed by atoms with Crippen molar-refractivity contribution in [3.8, 4) is 5.69 Å². The molecule has 0 saturated heterocycles. The third-order valence-corrected chi connectivity index (χ3v) is 3.65. The minimum Gasteiger partial charge on any atom is -0.309 e. The van der Waals surface area contributed by atoms with Crippen molar-refractivity contribution in [2.45, 2.75) is 39.7 Å². The quantitative estimate of drug-likeness (QED) is 0.883. The predicted molar refractivity (Wildman–Crippen MR) is 82.4 cm³/mol. The Labute approximate surface area is 125 Å². The highest BCUT2D eigenvalue weighted by molar-refractivity contribution is 6.31. The molecule has 0 aliphatic rings. The molecule has 2 rings (SSSR count). The highest BCUT2D eigenvalue weighted by atomic mass is 35.5. The van der Waals surface area contributed by atoms with E-state index in [2.05, 4.69) is 35.3 Å². The highest BCUT2D eigenvalue weighted by Gasteiger charge is 2.10. The molecule has 2 aromatic rings. The zero-order valence-electron chi connectivity index (χ0n) is 12.2. The lowest BCUT2D eigenvalue weighted by molar-refractivity contribution is 0.507. The van der Waals surface area contributed by atoms with Gasteiger partial charge in [0, 0.05) is 12.2 Å². The van der Waals surface area contributed by atoms with E-state index in [1.807, 2.05) is 19.2 Å². The highest BCUT2D eigenvalue weighted by Crippen LogP contribution is 2.18. The van der Waals surface area contributed by atoms with E-state index in [0.29, 0.717) is 11.1 Å². The maximum Gasteiger partial charge on any atom is 0.0829 e. The number of pyridine rings is 1. The van der Waals surface area contributed by atoms with Gasteiger partial charge in [0.1, 0.15) is 0 Å². The van der Waals surface area contributed by atoms with Crippen LogP contribution in [0.4, 0.5) is 0 Å². The van der Waals surface area contributed by atoms with E-state index in [1.165, 1.54) is 0 Å². The molecule has 2 heterocycles. The fraction of sp³-hybridized carbons (Fsp3) is 0.467. The third-order valence-electron chi connectivity index (χ3n) is 3.28. The summed E-state index contributed by atoms with van der Waals surface area (Å²) in [6.45, 7) is 7.23. The standard InChI is InChI=1S/C15H21ClN4/c1-4-8-17-14(5-2)15-7-6-12(9-18-15)20-10-13(16)11(3)19-20/h6-7,9-10,14,17H,4-5,8H2,1-3H3. The molecule has 0 aliphatic carbocycles. The van der Waals surface area contributed by atoms with Gasteiger partial charge < -0.3 is 5.32 Å². The van der Waals surface area contributed by atoms with Crippen LogP contribution in [0.3, 0.4) is 0 Å². The average molecular weight is 293 g/mol. The Balaban J connectivity index is 2.16. The van der Waals surface area contributed by atoms with Gasteiger partial charge in [-0.15, -0.1) is 0 Å². The number of halogens is 1. The van der Waals surface area contributed by atoms with Crippen LogP contribution in [0.5, 0.6) is 0 Å². The summed E-state index contributed by atoms with van der Waals surface area (Å²) in [6, 6.07) is 4.39. The summed E-state index contributed by atoms with van der Waals surface area (Å²) < 4.78 is 1.76. The lowest BCUT2D eigenvalue weighted by atomic mass is 10.1. The topological polar surface area (TPSA) is 42.7 Å². The number of nitrogens with zero attached hydrogens (tertiary/aromatic N) is 3. The molecular weight excluding hydrogens is 272 g/mol. The molecule has 4 nitrogen and oxygen atoms in total. The first kappa shape index (κ1) is 15.0. The summed E-state index contributed by atoms with van der Waals surface area (Å²) in [7, 11) is 0. The Morgan fingerprint density at radius 2 is 2.15 bits per heavy atom. The Morgan fingerprint density at radius 1 is 1.35 bits per heavy atom. The zero-order chi connectivity index (χ0) is 14.5. The number of rotatable bonds is 6. The second-order valence-corrected chi connectivity index (χ2v) is 5.27. The fourth-order valence-electron chi connectivity index (χ4n) is 2.09. The summed E-state index contributed by atoms with van der Waals surface area (Å²) in [4.78, 5) is 4.55. The second-order valence-electron chi connectivity index (χ2n) is 4.86. The average Bonchev–Trinajstić information content (AvgIpc) is 2.80. The lowest BCUT2D eigenvalue weighted by Gasteiger charge is -2.16. The van der Waals surface area contributed by atoms with Gasteiger partial charge in [-0.25, -0.2) is 4.68 Å². The van der Waals surface area contributed by atoms with Crippen molar-refractivity contribution in [2.75, 3.05) is 6.54 Å². The zero-order valence-corrected chi connectivity index (χ0v) is 13.0. The van der Waals surface area contributed by atoms with Gasteiger partial charge in [-0.1, -0.05) is 25.4 Å². The Kier molecular flexibility index (Phi) is 5.15. The number of aryl methyl sites for hydroxylation is 1. The van der Waals surface area contributed by atoms with Crippen LogP contribution in [0.25, 0.3) is 5.69 Å². The molecule has 0 spiro atoms. The molecule has 20 heavy (non-hydrogen) atoms. The van der Waals surface area contributed by atoms with Gasteiger partial charge in [-0.05, 0) is 38.4 Å². The molecule has 0 bridgehead atoms. The second kappa shape index (κ2) is 6.86. The maximum absolute atomic E-state index is 6.03. The summed E-state index contributed by atoms with van der Waals surface area (Å²) in [5, 5.41) is 8.53. The molecule has 0 aliphatic heterocycles. The van der Waals surface area contributed by atoms with E-state index in [4.69, 9.17) is 11.6 Å². The van der Waals surface area contributed by atoms with Crippen LogP contribution >= 0.6 is 11.6 Å². The van der Waals surface area contributed by atoms with E-state index in [1.54, 1.807) is 10.9 Å². The molecule has 108 valence electrons. The SMILES string of the molecule is CCCNC(CC)c1ccc(-n2cc(Cl)c(C)n2)cn1. The van der Waals surface area contributed by atoms with Crippen LogP contribution in [0.1, 0.15) is 44.1 Å². The van der Waals surface area contributed by atoms with Crippen molar-refractivity contribution in [1.29, 1.82) is 0 Å². The van der Waals surface area contributed by atoms with Crippen LogP contribution in [0.15, 0.2) is 24.5 Å². The molecule has 2 aromatic heterocycles. The van der Waals surface area contributed by atoms with Crippen LogP contribution in [-0.4, -0.2) is 21.3 Å². The Morgan fingerprint density at radius 3 is 2.65 bits per heavy atom. The van der Waals surface area contributed by atoms with Crippen LogP contribution in [0.2, 0.25) is 5.02 Å². The van der Waals surface area contributed by atoms with Gasteiger partial charge in [0.05, 0.1) is 28.3 Å². The van der Waals surface area contributed by atoms with Crippen LogP contribution in [0, 0.1) is 6.92 Å². The smallest absolute Gasteiger partial charge is 0.0829 e.